The topological polar surface area (TPSA) is 22.1 Å². The second-order valence-corrected chi connectivity index (χ2v) is 4.66. The zero-order chi connectivity index (χ0) is 11.7. The van der Waals surface area contributed by atoms with Crippen molar-refractivity contribution in [3.63, 3.8) is 0 Å². The molecule has 2 aromatic carbocycles. The normalized spacial score (nSPS) is 10.6. The summed E-state index contributed by atoms with van der Waals surface area (Å²) < 4.78 is 5.21. The van der Waals surface area contributed by atoms with Crippen LogP contribution in [0.5, 0.6) is 5.75 Å². The zero-order valence-corrected chi connectivity index (χ0v) is 10.2. The molecule has 17 heavy (non-hydrogen) atoms. The Hall–Kier alpha value is -1.87. The number of nitrogens with zero attached hydrogens (tertiary/aromatic N) is 1. The maximum atomic E-state index is 5.21. The number of rotatable bonds is 2. The second kappa shape index (κ2) is 4.18. The van der Waals surface area contributed by atoms with Crippen LogP contribution in [0.25, 0.3) is 21.3 Å². The Morgan fingerprint density at radius 2 is 1.88 bits per heavy atom. The lowest BCUT2D eigenvalue weighted by Gasteiger charge is -2.04. The molecule has 1 heterocycles. The van der Waals surface area contributed by atoms with Crippen LogP contribution in [-0.2, 0) is 0 Å². The molecule has 0 saturated heterocycles. The van der Waals surface area contributed by atoms with E-state index in [4.69, 9.17) is 4.74 Å². The Kier molecular flexibility index (Phi) is 2.53. The third-order valence-electron chi connectivity index (χ3n) is 2.73. The molecule has 84 valence electrons. The van der Waals surface area contributed by atoms with Crippen LogP contribution in [0.3, 0.4) is 0 Å². The summed E-state index contributed by atoms with van der Waals surface area (Å²) in [5.41, 5.74) is 1.16. The average Bonchev–Trinajstić information content (AvgIpc) is 2.91. The molecule has 0 aliphatic carbocycles. The van der Waals surface area contributed by atoms with Crippen LogP contribution in [0.4, 0.5) is 0 Å². The first kappa shape index (κ1) is 10.3. The lowest BCUT2D eigenvalue weighted by molar-refractivity contribution is 0.415. The van der Waals surface area contributed by atoms with E-state index >= 15 is 0 Å². The van der Waals surface area contributed by atoms with Crippen LogP contribution in [0.2, 0.25) is 0 Å². The van der Waals surface area contributed by atoms with Gasteiger partial charge in [0.15, 0.2) is 0 Å². The molecule has 0 aliphatic heterocycles. The number of methoxy groups -OCH3 is 1. The highest BCUT2D eigenvalue weighted by atomic mass is 32.1. The minimum absolute atomic E-state index is 0.888. The maximum Gasteiger partial charge on any atom is 0.123 e. The van der Waals surface area contributed by atoms with Gasteiger partial charge in [0.25, 0.3) is 0 Å². The van der Waals surface area contributed by atoms with Crippen LogP contribution in [0.15, 0.2) is 48.0 Å². The van der Waals surface area contributed by atoms with E-state index in [0.717, 1.165) is 16.3 Å². The zero-order valence-electron chi connectivity index (χ0n) is 9.38. The molecule has 0 N–H and O–H groups in total. The highest BCUT2D eigenvalue weighted by Gasteiger charge is 2.02. The van der Waals surface area contributed by atoms with Crippen molar-refractivity contribution >= 4 is 22.1 Å². The van der Waals surface area contributed by atoms with Crippen molar-refractivity contribution < 1.29 is 4.74 Å². The first-order valence-electron chi connectivity index (χ1n) is 5.34. The number of hydrogen-bond acceptors (Lipinski definition) is 3. The third-order valence-corrected chi connectivity index (χ3v) is 3.55. The first-order valence-corrected chi connectivity index (χ1v) is 6.22. The molecule has 0 fully saturated rings. The lowest BCUT2D eigenvalue weighted by atomic mass is 10.1. The molecule has 0 saturated carbocycles. The van der Waals surface area contributed by atoms with Gasteiger partial charge in [-0.3, -0.25) is 0 Å². The average molecular weight is 241 g/mol. The van der Waals surface area contributed by atoms with E-state index in [1.54, 1.807) is 18.4 Å². The van der Waals surface area contributed by atoms with Crippen molar-refractivity contribution in [1.29, 1.82) is 0 Å². The van der Waals surface area contributed by atoms with E-state index in [2.05, 4.69) is 29.2 Å². The summed E-state index contributed by atoms with van der Waals surface area (Å²) in [7, 11) is 1.69. The number of thiazole rings is 1. The molecule has 0 amide bonds. The van der Waals surface area contributed by atoms with Crippen molar-refractivity contribution in [2.24, 2.45) is 0 Å². The Morgan fingerprint density at radius 3 is 2.65 bits per heavy atom. The fourth-order valence-electron chi connectivity index (χ4n) is 1.85. The SMILES string of the molecule is COc1ccc2cc(-c3nccs3)ccc2c1. The molecule has 3 aromatic rings. The molecular weight excluding hydrogens is 230 g/mol. The van der Waals surface area contributed by atoms with Crippen molar-refractivity contribution in [2.45, 2.75) is 0 Å². The van der Waals surface area contributed by atoms with Gasteiger partial charge in [-0.1, -0.05) is 18.2 Å². The van der Waals surface area contributed by atoms with E-state index < -0.39 is 0 Å². The molecule has 2 nitrogen and oxygen atoms in total. The standard InChI is InChI=1S/C14H11NOS/c1-16-13-5-4-10-8-12(3-2-11(10)9-13)14-15-6-7-17-14/h2-9H,1H3. The molecule has 3 heteroatoms. The number of ether oxygens (including phenoxy) is 1. The Bertz CT molecular complexity index is 646. The Labute approximate surface area is 104 Å². The molecule has 0 unspecified atom stereocenters. The van der Waals surface area contributed by atoms with Crippen molar-refractivity contribution in [1.82, 2.24) is 4.98 Å². The summed E-state index contributed by atoms with van der Waals surface area (Å²) >= 11 is 1.66. The number of aromatic nitrogens is 1. The van der Waals surface area contributed by atoms with Crippen LogP contribution in [0.1, 0.15) is 0 Å². The monoisotopic (exact) mass is 241 g/mol. The second-order valence-electron chi connectivity index (χ2n) is 3.77. The summed E-state index contributed by atoms with van der Waals surface area (Å²) in [6.45, 7) is 0. The van der Waals surface area contributed by atoms with E-state index in [9.17, 15) is 0 Å². The molecule has 3 rings (SSSR count). The number of benzene rings is 2. The van der Waals surface area contributed by atoms with Gasteiger partial charge in [-0.15, -0.1) is 11.3 Å². The van der Waals surface area contributed by atoms with Crippen LogP contribution >= 0.6 is 11.3 Å². The summed E-state index contributed by atoms with van der Waals surface area (Å²) in [4.78, 5) is 4.32. The molecule has 0 aliphatic rings. The van der Waals surface area contributed by atoms with Gasteiger partial charge in [0, 0.05) is 17.1 Å². The smallest absolute Gasteiger partial charge is 0.123 e. The van der Waals surface area contributed by atoms with Gasteiger partial charge in [-0.25, -0.2) is 4.98 Å². The number of hydrogen-bond donors (Lipinski definition) is 0. The van der Waals surface area contributed by atoms with Crippen LogP contribution in [0, 0.1) is 0 Å². The van der Waals surface area contributed by atoms with Crippen LogP contribution < -0.4 is 4.74 Å². The fraction of sp³-hybridized carbons (Fsp3) is 0.0714. The quantitative estimate of drug-likeness (QED) is 0.677. The van der Waals surface area contributed by atoms with Gasteiger partial charge in [0.1, 0.15) is 10.8 Å². The van der Waals surface area contributed by atoms with E-state index in [-0.39, 0.29) is 0 Å². The highest BCUT2D eigenvalue weighted by molar-refractivity contribution is 7.13. The van der Waals surface area contributed by atoms with Crippen molar-refractivity contribution in [3.8, 4) is 16.3 Å². The maximum absolute atomic E-state index is 5.21. The number of fused-ring (bicyclic) bond motifs is 1. The summed E-state index contributed by atoms with van der Waals surface area (Å²) in [6, 6.07) is 12.5. The minimum atomic E-state index is 0.888. The Morgan fingerprint density at radius 1 is 1.06 bits per heavy atom. The Balaban J connectivity index is 2.14. The van der Waals surface area contributed by atoms with Gasteiger partial charge in [-0.2, -0.15) is 0 Å². The van der Waals surface area contributed by atoms with E-state index in [1.165, 1.54) is 10.8 Å². The molecule has 1 aromatic heterocycles. The first-order chi connectivity index (χ1) is 8.36. The predicted octanol–water partition coefficient (Wildman–Crippen LogP) is 3.97. The largest absolute Gasteiger partial charge is 0.497 e. The van der Waals surface area contributed by atoms with Gasteiger partial charge >= 0.3 is 0 Å². The van der Waals surface area contributed by atoms with Gasteiger partial charge in [0.2, 0.25) is 0 Å². The predicted molar refractivity (Wildman–Crippen MR) is 71.6 cm³/mol. The van der Waals surface area contributed by atoms with E-state index in [0.29, 0.717) is 0 Å². The van der Waals surface area contributed by atoms with Crippen LogP contribution in [-0.4, -0.2) is 12.1 Å². The molecule has 0 bridgehead atoms. The molecule has 0 atom stereocenters. The van der Waals surface area contributed by atoms with E-state index in [1.807, 2.05) is 23.7 Å². The van der Waals surface area contributed by atoms with Crippen molar-refractivity contribution in [3.05, 3.63) is 48.0 Å². The molecular formula is C14H11NOS. The summed E-state index contributed by atoms with van der Waals surface area (Å²) in [6.07, 6.45) is 1.83. The molecule has 0 radical (unpaired) electrons. The van der Waals surface area contributed by atoms with Gasteiger partial charge < -0.3 is 4.74 Å². The summed E-state index contributed by atoms with van der Waals surface area (Å²) in [5, 5.41) is 5.44. The third kappa shape index (κ3) is 1.89. The van der Waals surface area contributed by atoms with Gasteiger partial charge in [-0.05, 0) is 29.0 Å². The van der Waals surface area contributed by atoms with Gasteiger partial charge in [0.05, 0.1) is 7.11 Å². The fourth-order valence-corrected chi connectivity index (χ4v) is 2.49. The molecule has 0 spiro atoms. The summed E-state index contributed by atoms with van der Waals surface area (Å²) in [5.74, 6) is 0.888. The minimum Gasteiger partial charge on any atom is -0.497 e. The highest BCUT2D eigenvalue weighted by Crippen LogP contribution is 2.27. The lowest BCUT2D eigenvalue weighted by Crippen LogP contribution is -1.83. The van der Waals surface area contributed by atoms with Crippen molar-refractivity contribution in [2.75, 3.05) is 7.11 Å².